The molecule has 1 saturated carbocycles. The highest BCUT2D eigenvalue weighted by atomic mass is 16.3. The van der Waals surface area contributed by atoms with E-state index in [0.29, 0.717) is 32.0 Å². The Kier molecular flexibility index (Phi) is 4.15. The number of benzene rings is 1. The fraction of sp³-hybridized carbons (Fsp3) is 0.588. The summed E-state index contributed by atoms with van der Waals surface area (Å²) in [6.45, 7) is 4.66. The SMILES string of the molecule is CC(O)CN1CCC(=O)N(CC2CC2)Cc2ccccc21. The number of aliphatic hydroxyl groups excluding tert-OH is 1. The molecule has 0 radical (unpaired) electrons. The van der Waals surface area contributed by atoms with Gasteiger partial charge in [0.2, 0.25) is 5.91 Å². The molecule has 1 aliphatic heterocycles. The number of aliphatic hydroxyl groups is 1. The molecule has 1 aromatic rings. The van der Waals surface area contributed by atoms with Crippen LogP contribution in [0.3, 0.4) is 0 Å². The third-order valence-corrected chi connectivity index (χ3v) is 4.30. The standard InChI is InChI=1S/C17H24N2O2/c1-13(20)10-18-9-8-17(21)19(11-14-6-7-14)12-15-4-2-3-5-16(15)18/h2-5,13-14,20H,6-12H2,1H3. The number of anilines is 1. The molecule has 1 fully saturated rings. The number of rotatable bonds is 4. The lowest BCUT2D eigenvalue weighted by atomic mass is 10.1. The summed E-state index contributed by atoms with van der Waals surface area (Å²) in [4.78, 5) is 16.6. The topological polar surface area (TPSA) is 43.8 Å². The number of carbonyl (C=O) groups is 1. The van der Waals surface area contributed by atoms with Crippen molar-refractivity contribution >= 4 is 11.6 Å². The van der Waals surface area contributed by atoms with E-state index in [1.54, 1.807) is 6.92 Å². The van der Waals surface area contributed by atoms with Crippen LogP contribution in [0.1, 0.15) is 31.7 Å². The van der Waals surface area contributed by atoms with E-state index in [4.69, 9.17) is 0 Å². The van der Waals surface area contributed by atoms with Crippen LogP contribution in [0.2, 0.25) is 0 Å². The molecule has 0 aromatic heterocycles. The Hall–Kier alpha value is -1.55. The molecule has 3 rings (SSSR count). The van der Waals surface area contributed by atoms with Crippen molar-refractivity contribution in [1.82, 2.24) is 4.90 Å². The van der Waals surface area contributed by atoms with Gasteiger partial charge < -0.3 is 14.9 Å². The number of carbonyl (C=O) groups excluding carboxylic acids is 1. The molecule has 1 aliphatic carbocycles. The van der Waals surface area contributed by atoms with E-state index in [1.807, 2.05) is 17.0 Å². The quantitative estimate of drug-likeness (QED) is 0.922. The molecule has 4 heteroatoms. The monoisotopic (exact) mass is 288 g/mol. The Balaban J connectivity index is 1.84. The molecule has 1 amide bonds. The number of β-amino-alcohol motifs (C(OH)–C–C–N with tert-alkyl or cyclic N) is 1. The lowest BCUT2D eigenvalue weighted by Gasteiger charge is -2.34. The van der Waals surface area contributed by atoms with Crippen molar-refractivity contribution in [2.45, 2.75) is 38.8 Å². The van der Waals surface area contributed by atoms with Crippen LogP contribution >= 0.6 is 0 Å². The van der Waals surface area contributed by atoms with Gasteiger partial charge in [0.15, 0.2) is 0 Å². The van der Waals surface area contributed by atoms with E-state index in [-0.39, 0.29) is 5.91 Å². The van der Waals surface area contributed by atoms with Crippen LogP contribution in [0, 0.1) is 5.92 Å². The highest BCUT2D eigenvalue weighted by molar-refractivity contribution is 5.78. The van der Waals surface area contributed by atoms with Crippen LogP contribution in [0.25, 0.3) is 0 Å². The molecule has 1 N–H and O–H groups in total. The third-order valence-electron chi connectivity index (χ3n) is 4.30. The van der Waals surface area contributed by atoms with Gasteiger partial charge in [0.25, 0.3) is 0 Å². The minimum absolute atomic E-state index is 0.243. The second kappa shape index (κ2) is 6.06. The van der Waals surface area contributed by atoms with E-state index in [0.717, 1.165) is 12.2 Å². The van der Waals surface area contributed by atoms with Crippen LogP contribution < -0.4 is 4.90 Å². The van der Waals surface area contributed by atoms with E-state index >= 15 is 0 Å². The van der Waals surface area contributed by atoms with Crippen molar-refractivity contribution in [3.05, 3.63) is 29.8 Å². The first-order chi connectivity index (χ1) is 10.1. The Bertz CT molecular complexity index is 511. The molecule has 1 aromatic carbocycles. The van der Waals surface area contributed by atoms with Gasteiger partial charge in [-0.3, -0.25) is 4.79 Å². The van der Waals surface area contributed by atoms with Gasteiger partial charge in [0.05, 0.1) is 6.10 Å². The molecular formula is C17H24N2O2. The van der Waals surface area contributed by atoms with Crippen molar-refractivity contribution in [3.63, 3.8) is 0 Å². The highest BCUT2D eigenvalue weighted by Gasteiger charge is 2.29. The minimum atomic E-state index is -0.393. The van der Waals surface area contributed by atoms with Crippen molar-refractivity contribution in [1.29, 1.82) is 0 Å². The van der Waals surface area contributed by atoms with E-state index in [2.05, 4.69) is 17.0 Å². The average Bonchev–Trinajstić information content (AvgIpc) is 3.25. The van der Waals surface area contributed by atoms with Gasteiger partial charge in [-0.15, -0.1) is 0 Å². The van der Waals surface area contributed by atoms with Crippen LogP contribution in [-0.4, -0.2) is 41.7 Å². The zero-order chi connectivity index (χ0) is 14.8. The Morgan fingerprint density at radius 1 is 1.29 bits per heavy atom. The predicted molar refractivity (Wildman–Crippen MR) is 83.1 cm³/mol. The molecule has 0 spiro atoms. The summed E-state index contributed by atoms with van der Waals surface area (Å²) in [5.74, 6) is 0.959. The predicted octanol–water partition coefficient (Wildman–Crippen LogP) is 2.02. The van der Waals surface area contributed by atoms with Crippen LogP contribution in [0.15, 0.2) is 24.3 Å². The Morgan fingerprint density at radius 2 is 2.05 bits per heavy atom. The zero-order valence-corrected chi connectivity index (χ0v) is 12.7. The van der Waals surface area contributed by atoms with Crippen LogP contribution in [0.5, 0.6) is 0 Å². The minimum Gasteiger partial charge on any atom is -0.392 e. The lowest BCUT2D eigenvalue weighted by molar-refractivity contribution is -0.132. The van der Waals surface area contributed by atoms with Gasteiger partial charge in [-0.1, -0.05) is 18.2 Å². The summed E-state index contributed by atoms with van der Waals surface area (Å²) in [6.07, 6.45) is 2.67. The number of fused-ring (bicyclic) bond motifs is 1. The summed E-state index contributed by atoms with van der Waals surface area (Å²) in [6, 6.07) is 8.26. The van der Waals surface area contributed by atoms with Crippen LogP contribution in [0.4, 0.5) is 5.69 Å². The maximum Gasteiger partial charge on any atom is 0.224 e. The maximum absolute atomic E-state index is 12.4. The Labute approximate surface area is 126 Å². The van der Waals surface area contributed by atoms with E-state index < -0.39 is 6.10 Å². The van der Waals surface area contributed by atoms with E-state index in [1.165, 1.54) is 18.4 Å². The second-order valence-corrected chi connectivity index (χ2v) is 6.39. The van der Waals surface area contributed by atoms with Crippen molar-refractivity contribution < 1.29 is 9.90 Å². The molecule has 21 heavy (non-hydrogen) atoms. The zero-order valence-electron chi connectivity index (χ0n) is 12.7. The summed E-state index contributed by atoms with van der Waals surface area (Å²) in [5.41, 5.74) is 2.35. The average molecular weight is 288 g/mol. The number of amides is 1. The van der Waals surface area contributed by atoms with Gasteiger partial charge in [0, 0.05) is 38.3 Å². The maximum atomic E-state index is 12.4. The summed E-state index contributed by atoms with van der Waals surface area (Å²) in [5, 5.41) is 9.70. The summed E-state index contributed by atoms with van der Waals surface area (Å²) in [7, 11) is 0. The smallest absolute Gasteiger partial charge is 0.224 e. The molecule has 1 unspecified atom stereocenters. The van der Waals surface area contributed by atoms with Crippen LogP contribution in [-0.2, 0) is 11.3 Å². The molecule has 1 heterocycles. The molecule has 4 nitrogen and oxygen atoms in total. The fourth-order valence-electron chi connectivity index (χ4n) is 3.04. The largest absolute Gasteiger partial charge is 0.392 e. The molecular weight excluding hydrogens is 264 g/mol. The Morgan fingerprint density at radius 3 is 2.76 bits per heavy atom. The number of nitrogens with zero attached hydrogens (tertiary/aromatic N) is 2. The van der Waals surface area contributed by atoms with Crippen molar-refractivity contribution in [2.24, 2.45) is 5.92 Å². The number of hydrogen-bond acceptors (Lipinski definition) is 3. The lowest BCUT2D eigenvalue weighted by Crippen LogP contribution is -2.41. The van der Waals surface area contributed by atoms with Crippen molar-refractivity contribution in [3.8, 4) is 0 Å². The molecule has 2 aliphatic rings. The first kappa shape index (κ1) is 14.4. The second-order valence-electron chi connectivity index (χ2n) is 6.39. The van der Waals surface area contributed by atoms with Gasteiger partial charge in [-0.25, -0.2) is 0 Å². The van der Waals surface area contributed by atoms with E-state index in [9.17, 15) is 9.90 Å². The molecule has 0 bridgehead atoms. The highest BCUT2D eigenvalue weighted by Crippen LogP contribution is 2.32. The number of para-hydroxylation sites is 1. The summed E-state index contributed by atoms with van der Waals surface area (Å²) < 4.78 is 0. The normalized spacial score (nSPS) is 20.8. The number of hydrogen-bond donors (Lipinski definition) is 1. The molecule has 114 valence electrons. The van der Waals surface area contributed by atoms with Gasteiger partial charge in [-0.2, -0.15) is 0 Å². The van der Waals surface area contributed by atoms with Gasteiger partial charge in [0.1, 0.15) is 0 Å². The third kappa shape index (κ3) is 3.56. The first-order valence-corrected chi connectivity index (χ1v) is 7.92. The van der Waals surface area contributed by atoms with Gasteiger partial charge >= 0.3 is 0 Å². The van der Waals surface area contributed by atoms with Crippen molar-refractivity contribution in [2.75, 3.05) is 24.5 Å². The molecule has 0 saturated heterocycles. The summed E-state index contributed by atoms with van der Waals surface area (Å²) >= 11 is 0. The van der Waals surface area contributed by atoms with Gasteiger partial charge in [-0.05, 0) is 37.3 Å². The fourth-order valence-corrected chi connectivity index (χ4v) is 3.04. The molecule has 1 atom stereocenters. The first-order valence-electron chi connectivity index (χ1n) is 7.92.